The standard InChI is InChI=1S/C19H15F3N4O2S/c1-26-17-15(11(9-14(27)23-17)13-7-4-8-29-13)16(25-26)24-18(28)10-5-2-3-6-12(10)19(20,21)22/h2-8,11H,9H2,1H3,(H,23,27)(H,24,25,28)/t11-/m0/s1. The summed E-state index contributed by atoms with van der Waals surface area (Å²) in [7, 11) is 1.59. The van der Waals surface area contributed by atoms with Crippen LogP contribution in [0.5, 0.6) is 0 Å². The zero-order chi connectivity index (χ0) is 20.8. The quantitative estimate of drug-likeness (QED) is 0.666. The van der Waals surface area contributed by atoms with Crippen LogP contribution >= 0.6 is 11.3 Å². The molecular formula is C19H15F3N4O2S. The van der Waals surface area contributed by atoms with Crippen molar-refractivity contribution in [3.63, 3.8) is 0 Å². The number of fused-ring (bicyclic) bond motifs is 1. The lowest BCUT2D eigenvalue weighted by Crippen LogP contribution is -2.25. The summed E-state index contributed by atoms with van der Waals surface area (Å²) in [4.78, 5) is 25.7. The van der Waals surface area contributed by atoms with Crippen molar-refractivity contribution in [2.75, 3.05) is 10.6 Å². The minimum Gasteiger partial charge on any atom is -0.311 e. The Morgan fingerprint density at radius 1 is 1.28 bits per heavy atom. The first-order chi connectivity index (χ1) is 13.8. The van der Waals surface area contributed by atoms with E-state index in [4.69, 9.17) is 0 Å². The van der Waals surface area contributed by atoms with Gasteiger partial charge in [-0.2, -0.15) is 18.3 Å². The van der Waals surface area contributed by atoms with E-state index in [1.807, 2.05) is 17.5 Å². The van der Waals surface area contributed by atoms with Gasteiger partial charge in [-0.1, -0.05) is 18.2 Å². The number of hydrogen-bond acceptors (Lipinski definition) is 4. The monoisotopic (exact) mass is 420 g/mol. The van der Waals surface area contributed by atoms with Crippen molar-refractivity contribution in [3.05, 3.63) is 63.3 Å². The Labute approximate surface area is 167 Å². The van der Waals surface area contributed by atoms with Crippen molar-refractivity contribution >= 4 is 34.8 Å². The number of benzene rings is 1. The lowest BCUT2D eigenvalue weighted by Gasteiger charge is -2.23. The molecule has 0 saturated carbocycles. The van der Waals surface area contributed by atoms with Crippen LogP contribution in [0.25, 0.3) is 0 Å². The van der Waals surface area contributed by atoms with Gasteiger partial charge in [-0.3, -0.25) is 14.3 Å². The second kappa shape index (κ2) is 7.03. The van der Waals surface area contributed by atoms with E-state index in [1.165, 1.54) is 28.2 Å². The first kappa shape index (κ1) is 19.2. The molecule has 0 unspecified atom stereocenters. The van der Waals surface area contributed by atoms with Gasteiger partial charge in [0.1, 0.15) is 5.82 Å². The van der Waals surface area contributed by atoms with Crippen LogP contribution in [0.15, 0.2) is 41.8 Å². The molecule has 4 rings (SSSR count). The topological polar surface area (TPSA) is 76.0 Å². The summed E-state index contributed by atoms with van der Waals surface area (Å²) in [6.07, 6.45) is -4.51. The molecule has 0 fully saturated rings. The molecule has 2 amide bonds. The summed E-state index contributed by atoms with van der Waals surface area (Å²) in [5.74, 6) is -0.914. The number of halogens is 3. The lowest BCUT2D eigenvalue weighted by atomic mass is 9.92. The van der Waals surface area contributed by atoms with Crippen LogP contribution in [0.1, 0.15) is 38.7 Å². The van der Waals surface area contributed by atoms with E-state index in [0.717, 1.165) is 17.0 Å². The highest BCUT2D eigenvalue weighted by Crippen LogP contribution is 2.43. The Bertz CT molecular complexity index is 1090. The fourth-order valence-electron chi connectivity index (χ4n) is 3.42. The molecule has 2 N–H and O–H groups in total. The number of nitrogens with zero attached hydrogens (tertiary/aromatic N) is 2. The summed E-state index contributed by atoms with van der Waals surface area (Å²) >= 11 is 1.46. The smallest absolute Gasteiger partial charge is 0.311 e. The fourth-order valence-corrected chi connectivity index (χ4v) is 4.25. The van der Waals surface area contributed by atoms with Gasteiger partial charge in [0.25, 0.3) is 5.91 Å². The van der Waals surface area contributed by atoms with Crippen molar-refractivity contribution in [2.24, 2.45) is 7.05 Å². The van der Waals surface area contributed by atoms with Gasteiger partial charge in [0.2, 0.25) is 5.91 Å². The Kier molecular flexibility index (Phi) is 4.65. The number of alkyl halides is 3. The molecule has 150 valence electrons. The van der Waals surface area contributed by atoms with E-state index in [0.29, 0.717) is 11.4 Å². The highest BCUT2D eigenvalue weighted by Gasteiger charge is 2.37. The molecule has 1 aliphatic rings. The predicted molar refractivity (Wildman–Crippen MR) is 102 cm³/mol. The summed E-state index contributed by atoms with van der Waals surface area (Å²) in [6.45, 7) is 0. The van der Waals surface area contributed by atoms with Crippen molar-refractivity contribution in [1.29, 1.82) is 0 Å². The van der Waals surface area contributed by atoms with Crippen LogP contribution in [-0.2, 0) is 18.0 Å². The normalized spacial score (nSPS) is 16.3. The van der Waals surface area contributed by atoms with Gasteiger partial charge < -0.3 is 10.6 Å². The minimum absolute atomic E-state index is 0.128. The van der Waals surface area contributed by atoms with Gasteiger partial charge in [0, 0.05) is 29.8 Å². The highest BCUT2D eigenvalue weighted by molar-refractivity contribution is 7.10. The van der Waals surface area contributed by atoms with Crippen molar-refractivity contribution in [1.82, 2.24) is 9.78 Å². The third kappa shape index (κ3) is 3.51. The molecule has 29 heavy (non-hydrogen) atoms. The molecule has 0 radical (unpaired) electrons. The molecule has 0 aliphatic carbocycles. The molecule has 1 aliphatic heterocycles. The molecule has 0 spiro atoms. The first-order valence-electron chi connectivity index (χ1n) is 8.63. The number of hydrogen-bond donors (Lipinski definition) is 2. The maximum atomic E-state index is 13.3. The van der Waals surface area contributed by atoms with E-state index in [2.05, 4.69) is 15.7 Å². The molecule has 0 bridgehead atoms. The molecule has 2 aromatic heterocycles. The van der Waals surface area contributed by atoms with Crippen molar-refractivity contribution in [2.45, 2.75) is 18.5 Å². The maximum Gasteiger partial charge on any atom is 0.417 e. The minimum atomic E-state index is -4.66. The SMILES string of the molecule is Cn1nc(NC(=O)c2ccccc2C(F)(F)F)c2c1NC(=O)C[C@H]2c1cccs1. The average molecular weight is 420 g/mol. The molecule has 3 heterocycles. The van der Waals surface area contributed by atoms with E-state index in [-0.39, 0.29) is 24.1 Å². The molecule has 3 aromatic rings. The summed E-state index contributed by atoms with van der Waals surface area (Å²) in [6, 6.07) is 8.29. The number of nitrogens with one attached hydrogen (secondary N) is 2. The van der Waals surface area contributed by atoms with Gasteiger partial charge in [-0.05, 0) is 23.6 Å². The van der Waals surface area contributed by atoms with Crippen LogP contribution in [0, 0.1) is 0 Å². The highest BCUT2D eigenvalue weighted by atomic mass is 32.1. The zero-order valence-electron chi connectivity index (χ0n) is 15.1. The Morgan fingerprint density at radius 3 is 2.72 bits per heavy atom. The van der Waals surface area contributed by atoms with Gasteiger partial charge in [0.05, 0.1) is 11.1 Å². The van der Waals surface area contributed by atoms with E-state index in [9.17, 15) is 22.8 Å². The molecular weight excluding hydrogens is 405 g/mol. The van der Waals surface area contributed by atoms with Crippen LogP contribution in [0.2, 0.25) is 0 Å². The number of rotatable bonds is 3. The fraction of sp³-hybridized carbons (Fsp3) is 0.211. The Hall–Kier alpha value is -3.14. The number of carbonyl (C=O) groups excluding carboxylic acids is 2. The Balaban J connectivity index is 1.74. The average Bonchev–Trinajstić information content (AvgIpc) is 3.30. The zero-order valence-corrected chi connectivity index (χ0v) is 15.9. The third-order valence-corrected chi connectivity index (χ3v) is 5.66. The predicted octanol–water partition coefficient (Wildman–Crippen LogP) is 4.23. The number of anilines is 2. The molecule has 0 saturated heterocycles. The number of amides is 2. The molecule has 1 aromatic carbocycles. The second-order valence-electron chi connectivity index (χ2n) is 6.55. The number of aromatic nitrogens is 2. The summed E-state index contributed by atoms with van der Waals surface area (Å²) in [5, 5.41) is 11.3. The summed E-state index contributed by atoms with van der Waals surface area (Å²) < 4.78 is 41.2. The van der Waals surface area contributed by atoms with Crippen LogP contribution in [-0.4, -0.2) is 21.6 Å². The number of thiophene rings is 1. The van der Waals surface area contributed by atoms with Crippen molar-refractivity contribution in [3.8, 4) is 0 Å². The van der Waals surface area contributed by atoms with Gasteiger partial charge in [-0.15, -0.1) is 11.3 Å². The number of aryl methyl sites for hydroxylation is 1. The van der Waals surface area contributed by atoms with E-state index in [1.54, 1.807) is 7.05 Å². The molecule has 10 heteroatoms. The number of carbonyl (C=O) groups is 2. The van der Waals surface area contributed by atoms with Gasteiger partial charge in [-0.25, -0.2) is 0 Å². The van der Waals surface area contributed by atoms with E-state index >= 15 is 0 Å². The largest absolute Gasteiger partial charge is 0.417 e. The third-order valence-electron chi connectivity index (χ3n) is 4.68. The summed E-state index contributed by atoms with van der Waals surface area (Å²) in [5.41, 5.74) is -0.940. The van der Waals surface area contributed by atoms with Crippen LogP contribution < -0.4 is 10.6 Å². The van der Waals surface area contributed by atoms with Crippen molar-refractivity contribution < 1.29 is 22.8 Å². The van der Waals surface area contributed by atoms with Gasteiger partial charge >= 0.3 is 6.18 Å². The Morgan fingerprint density at radius 2 is 2.03 bits per heavy atom. The molecule has 1 atom stereocenters. The van der Waals surface area contributed by atoms with Crippen LogP contribution in [0.3, 0.4) is 0 Å². The van der Waals surface area contributed by atoms with Crippen LogP contribution in [0.4, 0.5) is 24.8 Å². The molecule has 6 nitrogen and oxygen atoms in total. The first-order valence-corrected chi connectivity index (χ1v) is 9.51. The lowest BCUT2D eigenvalue weighted by molar-refractivity contribution is -0.137. The van der Waals surface area contributed by atoms with Gasteiger partial charge in [0.15, 0.2) is 5.82 Å². The van der Waals surface area contributed by atoms with E-state index < -0.39 is 23.2 Å². The second-order valence-corrected chi connectivity index (χ2v) is 7.53. The maximum absolute atomic E-state index is 13.3.